The van der Waals surface area contributed by atoms with Gasteiger partial charge in [-0.3, -0.25) is 9.80 Å². The fourth-order valence-corrected chi connectivity index (χ4v) is 4.04. The fourth-order valence-electron chi connectivity index (χ4n) is 4.04. The van der Waals surface area contributed by atoms with Crippen molar-refractivity contribution in [1.82, 2.24) is 9.80 Å². The predicted octanol–water partition coefficient (Wildman–Crippen LogP) is 4.13. The van der Waals surface area contributed by atoms with Crippen LogP contribution in [-0.4, -0.2) is 88.8 Å². The van der Waals surface area contributed by atoms with Gasteiger partial charge in [0.05, 0.1) is 25.3 Å². The van der Waals surface area contributed by atoms with E-state index in [-0.39, 0.29) is 39.0 Å². The van der Waals surface area contributed by atoms with Crippen LogP contribution in [0.4, 0.5) is 9.59 Å². The van der Waals surface area contributed by atoms with Crippen LogP contribution >= 0.6 is 0 Å². The summed E-state index contributed by atoms with van der Waals surface area (Å²) in [5, 5.41) is 9.38. The minimum atomic E-state index is -0.990. The number of ether oxygens (including phenoxy) is 4. The Bertz CT molecular complexity index is 910. The molecule has 1 aliphatic heterocycles. The highest BCUT2D eigenvalue weighted by Gasteiger charge is 2.41. The third-order valence-corrected chi connectivity index (χ3v) is 5.77. The molecule has 1 fully saturated rings. The highest BCUT2D eigenvalue weighted by atomic mass is 16.6. The molecule has 10 nitrogen and oxygen atoms in total. The Morgan fingerprint density at radius 2 is 1.63 bits per heavy atom. The van der Waals surface area contributed by atoms with Gasteiger partial charge in [-0.2, -0.15) is 0 Å². The number of benzene rings is 1. The molecule has 3 unspecified atom stereocenters. The average molecular weight is 537 g/mol. The van der Waals surface area contributed by atoms with Gasteiger partial charge < -0.3 is 24.1 Å². The summed E-state index contributed by atoms with van der Waals surface area (Å²) in [7, 11) is 0. The van der Waals surface area contributed by atoms with E-state index in [4.69, 9.17) is 18.9 Å². The zero-order chi connectivity index (χ0) is 28.5. The zero-order valence-corrected chi connectivity index (χ0v) is 23.8. The molecule has 3 atom stereocenters. The normalized spacial score (nSPS) is 18.9. The zero-order valence-electron chi connectivity index (χ0n) is 23.8. The molecule has 214 valence electrons. The van der Waals surface area contributed by atoms with Crippen LogP contribution in [0.5, 0.6) is 0 Å². The highest BCUT2D eigenvalue weighted by Crippen LogP contribution is 2.24. The molecular weight excluding hydrogens is 492 g/mol. The lowest BCUT2D eigenvalue weighted by atomic mass is 10.1. The van der Waals surface area contributed by atoms with Gasteiger partial charge >= 0.3 is 18.2 Å². The molecule has 1 aromatic rings. The second-order valence-electron chi connectivity index (χ2n) is 11.5. The first kappa shape index (κ1) is 31.4. The minimum Gasteiger partial charge on any atom is -0.458 e. The van der Waals surface area contributed by atoms with E-state index < -0.39 is 41.4 Å². The first-order valence-corrected chi connectivity index (χ1v) is 13.1. The number of hydrogen-bond donors (Lipinski definition) is 1. The fraction of sp³-hybridized carbons (Fsp3) is 0.679. The molecule has 1 aromatic carbocycles. The topological polar surface area (TPSA) is 115 Å². The molecule has 1 aliphatic rings. The van der Waals surface area contributed by atoms with Gasteiger partial charge in [-0.1, -0.05) is 30.3 Å². The minimum absolute atomic E-state index is 0.0211. The molecule has 1 heterocycles. The van der Waals surface area contributed by atoms with Crippen LogP contribution in [0.25, 0.3) is 0 Å². The number of esters is 1. The Balaban J connectivity index is 2.33. The van der Waals surface area contributed by atoms with Gasteiger partial charge in [0, 0.05) is 13.2 Å². The number of hydrogen-bond acceptors (Lipinski definition) is 8. The van der Waals surface area contributed by atoms with Crippen molar-refractivity contribution in [3.05, 3.63) is 35.9 Å². The molecule has 10 heteroatoms. The second kappa shape index (κ2) is 13.8. The van der Waals surface area contributed by atoms with Crippen molar-refractivity contribution in [3.8, 4) is 0 Å². The quantitative estimate of drug-likeness (QED) is 0.370. The molecule has 0 bridgehead atoms. The molecule has 1 saturated heterocycles. The number of rotatable bonds is 9. The molecule has 0 radical (unpaired) electrons. The van der Waals surface area contributed by atoms with Crippen molar-refractivity contribution in [3.63, 3.8) is 0 Å². The van der Waals surface area contributed by atoms with Gasteiger partial charge in [-0.15, -0.1) is 0 Å². The third-order valence-electron chi connectivity index (χ3n) is 5.77. The largest absolute Gasteiger partial charge is 0.458 e. The number of morpholine rings is 1. The third kappa shape index (κ3) is 10.1. The first-order chi connectivity index (χ1) is 17.7. The Morgan fingerprint density at radius 1 is 1.03 bits per heavy atom. The molecule has 0 aromatic heterocycles. The van der Waals surface area contributed by atoms with E-state index in [0.29, 0.717) is 12.8 Å². The van der Waals surface area contributed by atoms with Crippen LogP contribution in [0.2, 0.25) is 0 Å². The van der Waals surface area contributed by atoms with E-state index in [9.17, 15) is 19.5 Å². The molecule has 0 aliphatic carbocycles. The number of aliphatic hydroxyl groups is 1. The molecule has 1 N–H and O–H groups in total. The Labute approximate surface area is 226 Å². The molecule has 2 rings (SSSR count). The summed E-state index contributed by atoms with van der Waals surface area (Å²) in [6.45, 7) is 12.5. The van der Waals surface area contributed by atoms with Crippen LogP contribution in [0, 0.1) is 0 Å². The summed E-state index contributed by atoms with van der Waals surface area (Å²) in [5.74, 6) is -0.591. The standard InChI is InChI=1S/C28H44N2O8/c1-20(24(32)37-27(2,3)4)29(25(33)36-17-21-12-9-8-10-13-21)16-23-19-35-18-22(14-11-15-31)30(23)26(34)38-28(5,6)7/h8-10,12-13,20,22-23,31H,11,14-19H2,1-7H3. The average Bonchev–Trinajstić information content (AvgIpc) is 2.82. The molecule has 0 saturated carbocycles. The van der Waals surface area contributed by atoms with Crippen molar-refractivity contribution >= 4 is 18.2 Å². The maximum absolute atomic E-state index is 13.3. The second-order valence-corrected chi connectivity index (χ2v) is 11.5. The maximum Gasteiger partial charge on any atom is 0.411 e. The van der Waals surface area contributed by atoms with E-state index in [2.05, 4.69) is 0 Å². The number of nitrogens with zero attached hydrogens (tertiary/aromatic N) is 2. The van der Waals surface area contributed by atoms with Gasteiger partial charge in [0.1, 0.15) is 23.9 Å². The van der Waals surface area contributed by atoms with Gasteiger partial charge in [0.2, 0.25) is 0 Å². The van der Waals surface area contributed by atoms with Crippen LogP contribution in [0.1, 0.15) is 66.9 Å². The number of aliphatic hydroxyl groups excluding tert-OH is 1. The van der Waals surface area contributed by atoms with Gasteiger partial charge in [-0.05, 0) is 66.9 Å². The van der Waals surface area contributed by atoms with E-state index in [1.807, 2.05) is 30.3 Å². The SMILES string of the molecule is CC(C(=O)OC(C)(C)C)N(CC1COCC(CCCO)N1C(=O)OC(C)(C)C)C(=O)OCc1ccccc1. The Morgan fingerprint density at radius 3 is 2.21 bits per heavy atom. The summed E-state index contributed by atoms with van der Waals surface area (Å²) in [5.41, 5.74) is -0.692. The van der Waals surface area contributed by atoms with E-state index in [1.165, 1.54) is 4.90 Å². The smallest absolute Gasteiger partial charge is 0.411 e. The Kier molecular flexibility index (Phi) is 11.4. The summed E-state index contributed by atoms with van der Waals surface area (Å²) in [4.78, 5) is 42.5. The van der Waals surface area contributed by atoms with Crippen LogP contribution in [-0.2, 0) is 30.3 Å². The lowest BCUT2D eigenvalue weighted by Gasteiger charge is -2.44. The van der Waals surface area contributed by atoms with Gasteiger partial charge in [0.15, 0.2) is 0 Å². The van der Waals surface area contributed by atoms with E-state index in [0.717, 1.165) is 5.56 Å². The van der Waals surface area contributed by atoms with Crippen molar-refractivity contribution < 1.29 is 38.4 Å². The monoisotopic (exact) mass is 536 g/mol. The van der Waals surface area contributed by atoms with Crippen molar-refractivity contribution in [2.24, 2.45) is 0 Å². The number of amides is 2. The molecule has 38 heavy (non-hydrogen) atoms. The summed E-state index contributed by atoms with van der Waals surface area (Å²) in [6, 6.07) is 7.25. The van der Waals surface area contributed by atoms with Crippen molar-refractivity contribution in [2.75, 3.05) is 26.4 Å². The summed E-state index contributed by atoms with van der Waals surface area (Å²) >= 11 is 0. The lowest BCUT2D eigenvalue weighted by Crippen LogP contribution is -2.61. The van der Waals surface area contributed by atoms with Crippen LogP contribution in [0.3, 0.4) is 0 Å². The van der Waals surface area contributed by atoms with Crippen molar-refractivity contribution in [1.29, 1.82) is 0 Å². The van der Waals surface area contributed by atoms with Crippen LogP contribution in [0.15, 0.2) is 30.3 Å². The molecule has 2 amide bonds. The summed E-state index contributed by atoms with van der Waals surface area (Å²) in [6.07, 6.45) is -0.297. The van der Waals surface area contributed by atoms with Crippen LogP contribution < -0.4 is 0 Å². The van der Waals surface area contributed by atoms with E-state index >= 15 is 0 Å². The maximum atomic E-state index is 13.3. The Hall–Kier alpha value is -2.85. The number of carbonyl (C=O) groups is 3. The first-order valence-electron chi connectivity index (χ1n) is 13.1. The predicted molar refractivity (Wildman–Crippen MR) is 141 cm³/mol. The lowest BCUT2D eigenvalue weighted by molar-refractivity contribution is -0.160. The summed E-state index contributed by atoms with van der Waals surface area (Å²) < 4.78 is 22.6. The molecule has 0 spiro atoms. The van der Waals surface area contributed by atoms with Gasteiger partial charge in [-0.25, -0.2) is 14.4 Å². The highest BCUT2D eigenvalue weighted by molar-refractivity contribution is 5.81. The van der Waals surface area contributed by atoms with Gasteiger partial charge in [0.25, 0.3) is 0 Å². The number of carbonyl (C=O) groups excluding carboxylic acids is 3. The van der Waals surface area contributed by atoms with E-state index in [1.54, 1.807) is 53.4 Å². The van der Waals surface area contributed by atoms with Crippen molar-refractivity contribution in [2.45, 2.75) is 97.2 Å². The molecular formula is C28H44N2O8.